The second-order valence-corrected chi connectivity index (χ2v) is 5.62. The summed E-state index contributed by atoms with van der Waals surface area (Å²) in [6.45, 7) is 2.73. The van der Waals surface area contributed by atoms with E-state index in [1.165, 1.54) is 10.7 Å². The van der Waals surface area contributed by atoms with E-state index in [1.54, 1.807) is 0 Å². The third-order valence-electron chi connectivity index (χ3n) is 1.27. The van der Waals surface area contributed by atoms with Gasteiger partial charge in [-0.1, -0.05) is 0 Å². The molecule has 0 bridgehead atoms. The monoisotopic (exact) mass is 500 g/mol. The van der Waals surface area contributed by atoms with Crippen LogP contribution in [-0.4, -0.2) is 6.61 Å². The van der Waals surface area contributed by atoms with Gasteiger partial charge in [0.1, 0.15) is 5.75 Å². The minimum Gasteiger partial charge on any atom is -0.493 e. The molecule has 0 saturated heterocycles. The van der Waals surface area contributed by atoms with E-state index in [0.29, 0.717) is 0 Å². The molecule has 0 aromatic heterocycles. The second-order valence-electron chi connectivity index (χ2n) is 2.13. The van der Waals surface area contributed by atoms with Crippen molar-refractivity contribution in [3.05, 3.63) is 22.8 Å². The summed E-state index contributed by atoms with van der Waals surface area (Å²) in [5, 5.41) is 0. The van der Waals surface area contributed by atoms with Crippen molar-refractivity contribution in [2.24, 2.45) is 0 Å². The minimum absolute atomic E-state index is 0.729. The van der Waals surface area contributed by atoms with Gasteiger partial charge in [-0.3, -0.25) is 0 Å². The number of benzene rings is 1. The molecule has 1 nitrogen and oxygen atoms in total. The Hall–Kier alpha value is 1.21. The smallest absolute Gasteiger partial charge is 0.133 e. The van der Waals surface area contributed by atoms with E-state index >= 15 is 0 Å². The highest BCUT2D eigenvalue weighted by molar-refractivity contribution is 14.1. The summed E-state index contributed by atoms with van der Waals surface area (Å²) in [5.74, 6) is 0.989. The number of rotatable bonds is 2. The second kappa shape index (κ2) is 5.18. The lowest BCUT2D eigenvalue weighted by Crippen LogP contribution is -1.95. The van der Waals surface area contributed by atoms with Gasteiger partial charge < -0.3 is 4.74 Å². The fourth-order valence-electron chi connectivity index (χ4n) is 0.770. The molecule has 0 unspecified atom stereocenters. The average Bonchev–Trinajstić information content (AvgIpc) is 2.01. The average molecular weight is 500 g/mol. The van der Waals surface area contributed by atoms with Gasteiger partial charge in [0.2, 0.25) is 0 Å². The SMILES string of the molecule is CCOc1cc(I)c(I)cc1I. The van der Waals surface area contributed by atoms with Gasteiger partial charge in [-0.2, -0.15) is 0 Å². The van der Waals surface area contributed by atoms with Crippen molar-refractivity contribution in [1.82, 2.24) is 0 Å². The highest BCUT2D eigenvalue weighted by atomic mass is 127. The predicted molar refractivity (Wildman–Crippen MR) is 75.8 cm³/mol. The van der Waals surface area contributed by atoms with E-state index in [-0.39, 0.29) is 0 Å². The van der Waals surface area contributed by atoms with Crippen LogP contribution in [0.25, 0.3) is 0 Å². The molecule has 0 amide bonds. The van der Waals surface area contributed by atoms with E-state index in [1.807, 2.05) is 6.92 Å². The van der Waals surface area contributed by atoms with E-state index in [9.17, 15) is 0 Å². The largest absolute Gasteiger partial charge is 0.493 e. The van der Waals surface area contributed by atoms with Crippen molar-refractivity contribution in [2.45, 2.75) is 6.92 Å². The fourth-order valence-corrected chi connectivity index (χ4v) is 2.89. The van der Waals surface area contributed by atoms with Crippen LogP contribution in [0.2, 0.25) is 0 Å². The number of ether oxygens (including phenoxy) is 1. The topological polar surface area (TPSA) is 9.23 Å². The van der Waals surface area contributed by atoms with Gasteiger partial charge in [0.25, 0.3) is 0 Å². The Morgan fingerprint density at radius 2 is 1.67 bits per heavy atom. The van der Waals surface area contributed by atoms with Gasteiger partial charge in [0, 0.05) is 7.14 Å². The van der Waals surface area contributed by atoms with Crippen molar-refractivity contribution in [3.8, 4) is 5.75 Å². The Morgan fingerprint density at radius 3 is 2.25 bits per heavy atom. The highest BCUT2D eigenvalue weighted by Crippen LogP contribution is 2.27. The summed E-state index contributed by atoms with van der Waals surface area (Å²) >= 11 is 6.94. The lowest BCUT2D eigenvalue weighted by molar-refractivity contribution is 0.337. The summed E-state index contributed by atoms with van der Waals surface area (Å²) in [6.07, 6.45) is 0. The maximum absolute atomic E-state index is 5.46. The van der Waals surface area contributed by atoms with Crippen LogP contribution in [0.5, 0.6) is 5.75 Å². The maximum Gasteiger partial charge on any atom is 0.133 e. The Kier molecular flexibility index (Phi) is 4.87. The first-order chi connectivity index (χ1) is 5.65. The Labute approximate surface area is 113 Å². The Bertz CT molecular complexity index is 286. The molecular weight excluding hydrogens is 493 g/mol. The molecule has 0 aliphatic heterocycles. The molecule has 1 aromatic carbocycles. The summed E-state index contributed by atoms with van der Waals surface area (Å²) in [4.78, 5) is 0. The zero-order valence-corrected chi connectivity index (χ0v) is 12.9. The standard InChI is InChI=1S/C8H7I3O/c1-2-12-8-4-6(10)5(9)3-7(8)11/h3-4H,2H2,1H3. The van der Waals surface area contributed by atoms with Gasteiger partial charge in [0.05, 0.1) is 10.2 Å². The molecule has 0 N–H and O–H groups in total. The summed E-state index contributed by atoms with van der Waals surface area (Å²) in [7, 11) is 0. The molecule has 66 valence electrons. The number of halogens is 3. The first-order valence-corrected chi connectivity index (χ1v) is 6.66. The molecule has 4 heteroatoms. The molecule has 0 aliphatic carbocycles. The van der Waals surface area contributed by atoms with Crippen molar-refractivity contribution < 1.29 is 4.74 Å². The third-order valence-corrected chi connectivity index (χ3v) is 4.93. The third kappa shape index (κ3) is 2.86. The number of hydrogen-bond acceptors (Lipinski definition) is 1. The van der Waals surface area contributed by atoms with Crippen LogP contribution in [0.1, 0.15) is 6.92 Å². The Balaban J connectivity index is 3.05. The van der Waals surface area contributed by atoms with Crippen LogP contribution in [-0.2, 0) is 0 Å². The van der Waals surface area contributed by atoms with Crippen molar-refractivity contribution >= 4 is 67.8 Å². The summed E-state index contributed by atoms with van der Waals surface area (Å²) < 4.78 is 9.16. The molecular formula is C8H7I3O. The lowest BCUT2D eigenvalue weighted by Gasteiger charge is -2.07. The van der Waals surface area contributed by atoms with E-state index in [2.05, 4.69) is 79.9 Å². The van der Waals surface area contributed by atoms with Crippen molar-refractivity contribution in [1.29, 1.82) is 0 Å². The van der Waals surface area contributed by atoms with Gasteiger partial charge in [-0.05, 0) is 86.8 Å². The molecule has 0 saturated carbocycles. The molecule has 0 heterocycles. The first-order valence-electron chi connectivity index (χ1n) is 3.42. The molecule has 0 spiro atoms. The molecule has 1 aromatic rings. The Morgan fingerprint density at radius 1 is 1.08 bits per heavy atom. The van der Waals surface area contributed by atoms with Gasteiger partial charge >= 0.3 is 0 Å². The zero-order valence-electron chi connectivity index (χ0n) is 6.40. The van der Waals surface area contributed by atoms with Crippen LogP contribution in [0.15, 0.2) is 12.1 Å². The molecule has 0 radical (unpaired) electrons. The lowest BCUT2D eigenvalue weighted by atomic mass is 10.3. The van der Waals surface area contributed by atoms with E-state index < -0.39 is 0 Å². The van der Waals surface area contributed by atoms with Crippen molar-refractivity contribution in [2.75, 3.05) is 6.61 Å². The molecule has 1 rings (SSSR count). The maximum atomic E-state index is 5.46. The van der Waals surface area contributed by atoms with Gasteiger partial charge in [0.15, 0.2) is 0 Å². The van der Waals surface area contributed by atoms with E-state index in [4.69, 9.17) is 4.74 Å². The van der Waals surface area contributed by atoms with Gasteiger partial charge in [-0.25, -0.2) is 0 Å². The van der Waals surface area contributed by atoms with E-state index in [0.717, 1.165) is 12.4 Å². The zero-order chi connectivity index (χ0) is 9.14. The summed E-state index contributed by atoms with van der Waals surface area (Å²) in [5.41, 5.74) is 0. The molecule has 12 heavy (non-hydrogen) atoms. The van der Waals surface area contributed by atoms with Crippen LogP contribution in [0.3, 0.4) is 0 Å². The summed E-state index contributed by atoms with van der Waals surface area (Å²) in [6, 6.07) is 4.21. The van der Waals surface area contributed by atoms with Gasteiger partial charge in [-0.15, -0.1) is 0 Å². The normalized spacial score (nSPS) is 10.0. The van der Waals surface area contributed by atoms with Crippen LogP contribution in [0.4, 0.5) is 0 Å². The van der Waals surface area contributed by atoms with Crippen LogP contribution in [0, 0.1) is 10.7 Å². The van der Waals surface area contributed by atoms with Crippen LogP contribution >= 0.6 is 67.8 Å². The van der Waals surface area contributed by atoms with Crippen LogP contribution < -0.4 is 4.74 Å². The molecule has 0 atom stereocenters. The highest BCUT2D eigenvalue weighted by Gasteiger charge is 2.04. The quantitative estimate of drug-likeness (QED) is 0.443. The first kappa shape index (κ1) is 11.3. The minimum atomic E-state index is 0.729. The molecule has 0 aliphatic rings. The number of hydrogen-bond donors (Lipinski definition) is 0. The predicted octanol–water partition coefficient (Wildman–Crippen LogP) is 3.90. The molecule has 0 fully saturated rings. The fraction of sp³-hybridized carbons (Fsp3) is 0.250. The van der Waals surface area contributed by atoms with Crippen molar-refractivity contribution in [3.63, 3.8) is 0 Å².